The molecular formula is C40H50F10N8O11S3. The van der Waals surface area contributed by atoms with Crippen LogP contribution >= 0.6 is 0 Å². The van der Waals surface area contributed by atoms with Gasteiger partial charge in [-0.05, 0) is 75.4 Å². The second kappa shape index (κ2) is 28.4. The molecule has 19 nitrogen and oxygen atoms in total. The predicted octanol–water partition coefficient (Wildman–Crippen LogP) is 7.90. The van der Waals surface area contributed by atoms with Gasteiger partial charge in [0.25, 0.3) is 0 Å². The van der Waals surface area contributed by atoms with Crippen LogP contribution < -0.4 is 17.0 Å². The molecule has 0 aliphatic heterocycles. The molecule has 3 aromatic carbocycles. The number of alkyl halides is 9. The van der Waals surface area contributed by atoms with Gasteiger partial charge in [0.05, 0.1) is 74.5 Å². The van der Waals surface area contributed by atoms with Gasteiger partial charge in [-0.25, -0.2) is 55.0 Å². The summed E-state index contributed by atoms with van der Waals surface area (Å²) in [5.74, 6) is 1.15. The van der Waals surface area contributed by atoms with Crippen LogP contribution in [-0.2, 0) is 62.3 Å². The maximum Gasteiger partial charge on any atom is 0.416 e. The molecule has 9 N–H and O–H groups in total. The number of ether oxygens (including phenoxy) is 2. The summed E-state index contributed by atoms with van der Waals surface area (Å²) in [4.78, 5) is 20.6. The Morgan fingerprint density at radius 1 is 0.736 bits per heavy atom. The average molecular weight is 1110 g/mol. The number of rotatable bonds is 12. The zero-order valence-electron chi connectivity index (χ0n) is 38.5. The molecule has 0 saturated heterocycles. The number of hydrazine groups is 1. The maximum atomic E-state index is 13.1. The van der Waals surface area contributed by atoms with Crippen LogP contribution in [0.3, 0.4) is 0 Å². The number of benzene rings is 3. The van der Waals surface area contributed by atoms with Gasteiger partial charge in [0.1, 0.15) is 33.7 Å². The lowest BCUT2D eigenvalue weighted by Crippen LogP contribution is -2.15. The number of anilines is 2. The fourth-order valence-corrected chi connectivity index (χ4v) is 8.08. The van der Waals surface area contributed by atoms with Gasteiger partial charge >= 0.3 is 30.5 Å². The van der Waals surface area contributed by atoms with Crippen LogP contribution in [0, 0.1) is 28.2 Å². The summed E-state index contributed by atoms with van der Waals surface area (Å²) in [7, 11) is -11.8. The van der Waals surface area contributed by atoms with Crippen LogP contribution in [0.15, 0.2) is 87.1 Å². The fraction of sp³-hybridized carbons (Fsp3) is 0.350. The molecular weight excluding hydrogens is 1050 g/mol. The molecule has 0 saturated carbocycles. The van der Waals surface area contributed by atoms with Gasteiger partial charge < -0.3 is 26.1 Å². The Morgan fingerprint density at radius 2 is 1.14 bits per heavy atom. The molecule has 32 heteroatoms. The molecule has 1 aromatic heterocycles. The Bertz CT molecular complexity index is 2900. The lowest BCUT2D eigenvalue weighted by Gasteiger charge is -2.14. The van der Waals surface area contributed by atoms with E-state index in [1.54, 1.807) is 26.8 Å². The lowest BCUT2D eigenvalue weighted by atomic mass is 10.2. The number of nitrogens with two attached hydrogens (primary N) is 2. The third-order valence-corrected chi connectivity index (χ3v) is 13.9. The normalized spacial score (nSPS) is 11.7. The summed E-state index contributed by atoms with van der Waals surface area (Å²) in [5.41, 5.74) is 14.3. The highest BCUT2D eigenvalue weighted by atomic mass is 32.2. The minimum Gasteiger partial charge on any atom is -0.462 e. The van der Waals surface area contributed by atoms with E-state index in [0.29, 0.717) is 36.9 Å². The maximum absolute atomic E-state index is 13.1. The molecule has 0 spiro atoms. The van der Waals surface area contributed by atoms with Crippen molar-refractivity contribution in [2.24, 2.45) is 5.84 Å². The Morgan fingerprint density at radius 3 is 1.54 bits per heavy atom. The molecule has 404 valence electrons. The van der Waals surface area contributed by atoms with Crippen LogP contribution in [0.4, 0.5) is 55.4 Å². The minimum absolute atomic E-state index is 0. The van der Waals surface area contributed by atoms with E-state index in [2.05, 4.69) is 15.3 Å². The molecule has 4 rings (SSSR count). The van der Waals surface area contributed by atoms with E-state index < -0.39 is 109 Å². The standard InChI is InChI=1S/C15H16F3N3O4S.C9H8F4O2S.C9H11F3N2O2S.C7H9NO2.H2N2.H2O.H2/c1-3-25-14(22)10-8-20-21(13(10)19)11-6-5-9(15(16,17)18)7-12(11)26(23,24)4-2;1-2-16(14,15)8-5-6(9(11,12)13)3-4-7(8)10;1-2-17(15,16)8-5-6(9(10,11)12)3-4-7(8)14-13;1-3-6(5-8)7(9)10-4-2;1-2;;/h5-8H,3-4,19H2,1-2H3;3-5H,2H2,1H3;3-5,14H,2,13H2,1H3;3H,4H2,1-2H3;1-2H;1H2;1H/b;;;6-3+;;;. The van der Waals surface area contributed by atoms with Crippen molar-refractivity contribution in [3.8, 4) is 11.8 Å². The monoisotopic (exact) mass is 1100 g/mol. The Hall–Kier alpha value is -6.69. The van der Waals surface area contributed by atoms with Crippen molar-refractivity contribution in [3.63, 3.8) is 0 Å². The number of allylic oxidation sites excluding steroid dienone is 1. The van der Waals surface area contributed by atoms with Gasteiger partial charge in [-0.3, -0.25) is 5.84 Å². The summed E-state index contributed by atoms with van der Waals surface area (Å²) >= 11 is 0. The Kier molecular flexibility index (Phi) is 26.6. The molecule has 1 heterocycles. The molecule has 72 heavy (non-hydrogen) atoms. The summed E-state index contributed by atoms with van der Waals surface area (Å²) < 4.78 is 207. The first-order valence-electron chi connectivity index (χ1n) is 19.6. The van der Waals surface area contributed by atoms with Crippen LogP contribution in [0.2, 0.25) is 0 Å². The number of nitriles is 1. The minimum atomic E-state index is -4.72. The molecule has 0 aliphatic rings. The third-order valence-electron chi connectivity index (χ3n) is 8.59. The molecule has 0 unspecified atom stereocenters. The number of sulfone groups is 3. The highest BCUT2D eigenvalue weighted by Gasteiger charge is 2.35. The van der Waals surface area contributed by atoms with E-state index in [4.69, 9.17) is 32.6 Å². The highest BCUT2D eigenvalue weighted by Crippen LogP contribution is 2.36. The van der Waals surface area contributed by atoms with Crippen LogP contribution in [0.5, 0.6) is 0 Å². The largest absolute Gasteiger partial charge is 0.462 e. The first kappa shape index (κ1) is 67.4. The zero-order chi connectivity index (χ0) is 55.5. The van der Waals surface area contributed by atoms with E-state index in [1.807, 2.05) is 0 Å². The third kappa shape index (κ3) is 18.8. The van der Waals surface area contributed by atoms with Crippen molar-refractivity contribution in [1.82, 2.24) is 9.78 Å². The van der Waals surface area contributed by atoms with Crippen molar-refractivity contribution in [2.75, 3.05) is 41.6 Å². The van der Waals surface area contributed by atoms with Gasteiger partial charge in [-0.15, -0.1) is 0 Å². The number of carbonyl (C=O) groups is 2. The van der Waals surface area contributed by atoms with E-state index in [9.17, 15) is 78.7 Å². The molecule has 0 atom stereocenters. The van der Waals surface area contributed by atoms with E-state index >= 15 is 0 Å². The lowest BCUT2D eigenvalue weighted by molar-refractivity contribution is -0.138. The summed E-state index contributed by atoms with van der Waals surface area (Å²) in [5, 5.41) is 12.1. The molecule has 4 aromatic rings. The van der Waals surface area contributed by atoms with E-state index in [0.717, 1.165) is 35.1 Å². The number of nitrogen functional groups attached to an aromatic ring is 2. The summed E-state index contributed by atoms with van der Waals surface area (Å²) in [6, 6.07) is 7.58. The number of hydrogen-bond donors (Lipinski definition) is 5. The molecule has 0 bridgehead atoms. The van der Waals surface area contributed by atoms with Gasteiger partial charge in [0.15, 0.2) is 29.5 Å². The van der Waals surface area contributed by atoms with Gasteiger partial charge in [-0.1, -0.05) is 26.8 Å². The smallest absolute Gasteiger partial charge is 0.416 e. The quantitative estimate of drug-likeness (QED) is 0.0171. The van der Waals surface area contributed by atoms with Crippen LogP contribution in [0.25, 0.3) is 5.69 Å². The number of esters is 2. The second-order valence-electron chi connectivity index (χ2n) is 13.0. The number of nitrogens with one attached hydrogen (secondary N) is 3. The average Bonchev–Trinajstić information content (AvgIpc) is 3.70. The first-order chi connectivity index (χ1) is 32.7. The number of carbonyl (C=O) groups excluding carboxylic acids is 2. The molecule has 0 amide bonds. The second-order valence-corrected chi connectivity index (χ2v) is 19.7. The van der Waals surface area contributed by atoms with Crippen molar-refractivity contribution < 1.29 is 95.1 Å². The van der Waals surface area contributed by atoms with Crippen molar-refractivity contribution in [2.45, 2.75) is 74.8 Å². The Balaban J connectivity index is -0.000000921. The Labute approximate surface area is 407 Å². The van der Waals surface area contributed by atoms with Crippen molar-refractivity contribution >= 4 is 53.0 Å². The van der Waals surface area contributed by atoms with Gasteiger partial charge in [0.2, 0.25) is 0 Å². The predicted molar refractivity (Wildman–Crippen MR) is 240 cm³/mol. The van der Waals surface area contributed by atoms with Crippen molar-refractivity contribution in [3.05, 3.63) is 101 Å². The van der Waals surface area contributed by atoms with Crippen LogP contribution in [-0.4, -0.2) is 82.9 Å². The molecule has 0 fully saturated rings. The molecule has 0 radical (unpaired) electrons. The topological polar surface area (TPSA) is 340 Å². The highest BCUT2D eigenvalue weighted by molar-refractivity contribution is 7.92. The first-order valence-corrected chi connectivity index (χ1v) is 24.6. The summed E-state index contributed by atoms with van der Waals surface area (Å²) in [6.07, 6.45) is -11.5. The van der Waals surface area contributed by atoms with Crippen LogP contribution in [0.1, 0.15) is 70.0 Å². The molecule has 0 aliphatic carbocycles. The number of aromatic nitrogens is 2. The van der Waals surface area contributed by atoms with Gasteiger partial charge in [-0.2, -0.15) is 49.9 Å². The van der Waals surface area contributed by atoms with Crippen molar-refractivity contribution in [1.29, 1.82) is 16.3 Å². The van der Waals surface area contributed by atoms with Gasteiger partial charge in [0, 0.05) is 1.43 Å². The van der Waals surface area contributed by atoms with E-state index in [1.165, 1.54) is 26.8 Å². The fourth-order valence-electron chi connectivity index (χ4n) is 4.93. The number of halogens is 10. The number of hydrogen-bond acceptors (Lipinski definition) is 17. The zero-order valence-corrected chi connectivity index (χ0v) is 40.9. The number of nitrogens with zero attached hydrogens (tertiary/aromatic N) is 3. The van der Waals surface area contributed by atoms with E-state index in [-0.39, 0.29) is 47.6 Å². The summed E-state index contributed by atoms with van der Waals surface area (Å²) in [6.45, 7) is 9.16. The SMILES string of the molecule is C/C=C(\C#N)C(=O)OCC.CCOC(=O)c1cnn(-c2ccc(C(F)(F)F)cc2S(=O)(=O)CC)c1N.CCS(=O)(=O)c1cc(C(F)(F)F)ccc1F.CCS(=O)(=O)c1cc(C(F)(F)F)ccc1NN.N=N.O.[HH].